The van der Waals surface area contributed by atoms with Gasteiger partial charge in [-0.25, -0.2) is 4.79 Å². The van der Waals surface area contributed by atoms with Gasteiger partial charge < -0.3 is 4.74 Å². The summed E-state index contributed by atoms with van der Waals surface area (Å²) in [6.07, 6.45) is 27.4. The van der Waals surface area contributed by atoms with Gasteiger partial charge in [0.2, 0.25) is 0 Å². The molecule has 3 fully saturated rings. The van der Waals surface area contributed by atoms with Crippen LogP contribution in [0.3, 0.4) is 0 Å². The van der Waals surface area contributed by atoms with E-state index < -0.39 is 0 Å². The summed E-state index contributed by atoms with van der Waals surface area (Å²) >= 11 is 0. The zero-order chi connectivity index (χ0) is 30.8. The highest BCUT2D eigenvalue weighted by Crippen LogP contribution is 2.73. The largest absolute Gasteiger partial charge is 0.459 e. The molecule has 3 saturated carbocycles. The van der Waals surface area contributed by atoms with Gasteiger partial charge in [0.1, 0.15) is 6.10 Å². The Bertz CT molecular complexity index is 1060. The second-order valence-corrected chi connectivity index (χ2v) is 16.4. The lowest BCUT2D eigenvalue weighted by atomic mass is 9.41. The van der Waals surface area contributed by atoms with E-state index in [1.165, 1.54) is 69.8 Å². The first-order chi connectivity index (χ1) is 19.8. The number of unbranched alkanes of at least 4 members (excludes halogenated alkanes) is 3. The van der Waals surface area contributed by atoms with Crippen LogP contribution in [0.5, 0.6) is 0 Å². The van der Waals surface area contributed by atoms with Gasteiger partial charge in [0.25, 0.3) is 0 Å². The van der Waals surface area contributed by atoms with E-state index in [1.807, 2.05) is 12.2 Å². The number of allylic oxidation sites excluding steroid dienone is 6. The quantitative estimate of drug-likeness (QED) is 0.0759. The Hall–Kier alpha value is -1.57. The molecule has 2 heteroatoms. The second-order valence-electron chi connectivity index (χ2n) is 16.4. The average Bonchev–Trinajstić information content (AvgIpc) is 3.21. The number of esters is 1. The van der Waals surface area contributed by atoms with Crippen LogP contribution in [-0.4, -0.2) is 12.1 Å². The lowest BCUT2D eigenvalue weighted by Crippen LogP contribution is -2.58. The van der Waals surface area contributed by atoms with Crippen LogP contribution in [0, 0.1) is 45.3 Å². The van der Waals surface area contributed by atoms with E-state index in [9.17, 15) is 4.79 Å². The third-order valence-electron chi connectivity index (χ3n) is 13.3. The van der Waals surface area contributed by atoms with E-state index in [0.29, 0.717) is 23.2 Å². The van der Waals surface area contributed by atoms with E-state index in [0.717, 1.165) is 31.6 Å². The van der Waals surface area contributed by atoms with Gasteiger partial charge in [0.15, 0.2) is 0 Å². The van der Waals surface area contributed by atoms with Crippen molar-refractivity contribution in [1.82, 2.24) is 0 Å². The SMILES string of the molecule is C=C(CCCC(C)C)C1CCC2(C)C3=CCC4C(C)(C)C(OC(=O)C=CC=CCCCCC)CCC4(C)C3CCC12C. The lowest BCUT2D eigenvalue weighted by Gasteiger charge is -2.64. The van der Waals surface area contributed by atoms with Gasteiger partial charge in [-0.15, -0.1) is 0 Å². The summed E-state index contributed by atoms with van der Waals surface area (Å²) in [7, 11) is 0. The van der Waals surface area contributed by atoms with E-state index in [-0.39, 0.29) is 28.3 Å². The summed E-state index contributed by atoms with van der Waals surface area (Å²) in [5, 5.41) is 0. The normalized spacial score (nSPS) is 37.4. The van der Waals surface area contributed by atoms with E-state index in [2.05, 4.69) is 67.5 Å². The van der Waals surface area contributed by atoms with Crippen LogP contribution in [0.4, 0.5) is 0 Å². The molecule has 0 heterocycles. The molecule has 236 valence electrons. The monoisotopic (exact) mass is 576 g/mol. The van der Waals surface area contributed by atoms with Crippen LogP contribution in [0.1, 0.15) is 145 Å². The summed E-state index contributed by atoms with van der Waals surface area (Å²) in [4.78, 5) is 12.8. The summed E-state index contributed by atoms with van der Waals surface area (Å²) in [6, 6.07) is 0. The molecule has 0 N–H and O–H groups in total. The highest BCUT2D eigenvalue weighted by atomic mass is 16.5. The fourth-order valence-corrected chi connectivity index (χ4v) is 10.5. The van der Waals surface area contributed by atoms with Gasteiger partial charge in [-0.05, 0) is 111 Å². The van der Waals surface area contributed by atoms with Crippen molar-refractivity contribution in [1.29, 1.82) is 0 Å². The molecule has 4 aliphatic carbocycles. The summed E-state index contributed by atoms with van der Waals surface area (Å²) in [6.45, 7) is 24.2. The number of rotatable bonds is 12. The first-order valence-corrected chi connectivity index (χ1v) is 17.7. The van der Waals surface area contributed by atoms with Crippen molar-refractivity contribution < 1.29 is 9.53 Å². The molecule has 0 spiro atoms. The Kier molecular flexibility index (Phi) is 10.5. The standard InChI is InChI=1S/C40H64O2/c1-10-11-12-13-14-15-16-20-36(41)42-35-25-26-38(7)32-24-28-39(8)31(30(4)19-17-18-29(2)3)23-27-40(39,9)33(32)21-22-34(38)37(35,5)6/h14-16,20-21,29,31-32,34-35H,4,10-13,17-19,22-28H2,1-3,5-9H3. The summed E-state index contributed by atoms with van der Waals surface area (Å²) in [5.74, 6) is 2.43. The topological polar surface area (TPSA) is 26.3 Å². The first-order valence-electron chi connectivity index (χ1n) is 17.7. The molecule has 0 aromatic heterocycles. The fraction of sp³-hybridized carbons (Fsp3) is 0.775. The molecular weight excluding hydrogens is 512 g/mol. The molecular formula is C40H64O2. The van der Waals surface area contributed by atoms with E-state index in [4.69, 9.17) is 11.3 Å². The molecule has 0 bridgehead atoms. The van der Waals surface area contributed by atoms with Crippen molar-refractivity contribution in [2.24, 2.45) is 45.3 Å². The zero-order valence-corrected chi connectivity index (χ0v) is 28.7. The van der Waals surface area contributed by atoms with Crippen molar-refractivity contribution in [2.45, 2.75) is 151 Å². The van der Waals surface area contributed by atoms with Gasteiger partial charge in [0, 0.05) is 11.5 Å². The molecule has 7 unspecified atom stereocenters. The fourth-order valence-electron chi connectivity index (χ4n) is 10.5. The van der Waals surface area contributed by atoms with Gasteiger partial charge in [-0.2, -0.15) is 0 Å². The number of carbonyl (C=O) groups excluding carboxylic acids is 1. The second kappa shape index (κ2) is 13.2. The minimum Gasteiger partial charge on any atom is -0.459 e. The molecule has 0 aliphatic heterocycles. The van der Waals surface area contributed by atoms with Crippen LogP contribution in [0.2, 0.25) is 0 Å². The average molecular weight is 577 g/mol. The maximum Gasteiger partial charge on any atom is 0.331 e. The Morgan fingerprint density at radius 1 is 1.02 bits per heavy atom. The van der Waals surface area contributed by atoms with Crippen molar-refractivity contribution in [3.8, 4) is 0 Å². The highest BCUT2D eigenvalue weighted by molar-refractivity contribution is 5.82. The van der Waals surface area contributed by atoms with Crippen molar-refractivity contribution in [3.63, 3.8) is 0 Å². The maximum absolute atomic E-state index is 12.8. The van der Waals surface area contributed by atoms with Gasteiger partial charge in [-0.3, -0.25) is 0 Å². The van der Waals surface area contributed by atoms with Gasteiger partial charge in [0.05, 0.1) is 0 Å². The van der Waals surface area contributed by atoms with Gasteiger partial charge >= 0.3 is 5.97 Å². The third-order valence-corrected chi connectivity index (χ3v) is 13.3. The molecule has 0 aromatic carbocycles. The lowest BCUT2D eigenvalue weighted by molar-refractivity contribution is -0.171. The van der Waals surface area contributed by atoms with Crippen LogP contribution in [-0.2, 0) is 9.53 Å². The smallest absolute Gasteiger partial charge is 0.331 e. The minimum atomic E-state index is -0.187. The highest BCUT2D eigenvalue weighted by Gasteiger charge is 2.65. The third kappa shape index (κ3) is 6.17. The molecule has 2 nitrogen and oxygen atoms in total. The Morgan fingerprint density at radius 3 is 2.50 bits per heavy atom. The Morgan fingerprint density at radius 2 is 1.79 bits per heavy atom. The molecule has 0 radical (unpaired) electrons. The number of fused-ring (bicyclic) bond motifs is 5. The summed E-state index contributed by atoms with van der Waals surface area (Å²) < 4.78 is 6.18. The molecule has 0 aromatic rings. The first kappa shape index (κ1) is 33.3. The van der Waals surface area contributed by atoms with Crippen LogP contribution >= 0.6 is 0 Å². The number of carbonyl (C=O) groups is 1. The van der Waals surface area contributed by atoms with Crippen LogP contribution < -0.4 is 0 Å². The predicted molar refractivity (Wildman–Crippen MR) is 179 cm³/mol. The van der Waals surface area contributed by atoms with Crippen molar-refractivity contribution >= 4 is 5.97 Å². The minimum absolute atomic E-state index is 0.0225. The van der Waals surface area contributed by atoms with Crippen LogP contribution in [0.15, 0.2) is 48.1 Å². The molecule has 4 aliphatic rings. The number of ether oxygens (including phenoxy) is 1. The van der Waals surface area contributed by atoms with Gasteiger partial charge in [-0.1, -0.05) is 117 Å². The molecule has 4 rings (SSSR count). The molecule has 0 amide bonds. The predicted octanol–water partition coefficient (Wildman–Crippen LogP) is 11.6. The van der Waals surface area contributed by atoms with E-state index >= 15 is 0 Å². The van der Waals surface area contributed by atoms with Crippen molar-refractivity contribution in [3.05, 3.63) is 48.1 Å². The molecule has 0 saturated heterocycles. The zero-order valence-electron chi connectivity index (χ0n) is 28.7. The van der Waals surface area contributed by atoms with Crippen LogP contribution in [0.25, 0.3) is 0 Å². The Balaban J connectivity index is 1.46. The summed E-state index contributed by atoms with van der Waals surface area (Å²) in [5.41, 5.74) is 4.14. The maximum atomic E-state index is 12.8. The number of hydrogen-bond acceptors (Lipinski definition) is 2. The Labute approximate surface area is 259 Å². The van der Waals surface area contributed by atoms with E-state index in [1.54, 1.807) is 11.6 Å². The van der Waals surface area contributed by atoms with Crippen molar-refractivity contribution in [2.75, 3.05) is 0 Å². The molecule has 42 heavy (non-hydrogen) atoms. The molecule has 7 atom stereocenters. The number of hydrogen-bond donors (Lipinski definition) is 0.